The monoisotopic (exact) mass is 475 g/mol. The SMILES string of the molecule is CC1CCCCC1OCCN=C(N)Nc1ccc2c(c1)OCCCO2.I. The number of ether oxygens (including phenoxy) is 3. The highest BCUT2D eigenvalue weighted by Gasteiger charge is 2.21. The predicted octanol–water partition coefficient (Wildman–Crippen LogP) is 3.79. The molecule has 0 spiro atoms. The second kappa shape index (κ2) is 10.8. The van der Waals surface area contributed by atoms with E-state index in [0.717, 1.165) is 30.0 Å². The normalized spacial score (nSPS) is 22.9. The lowest BCUT2D eigenvalue weighted by atomic mass is 9.88. The summed E-state index contributed by atoms with van der Waals surface area (Å²) in [6.07, 6.45) is 6.29. The van der Waals surface area contributed by atoms with Gasteiger partial charge in [0.15, 0.2) is 17.5 Å². The number of anilines is 1. The molecular weight excluding hydrogens is 445 g/mol. The largest absolute Gasteiger partial charge is 0.490 e. The molecule has 1 fully saturated rings. The molecular formula is C19H30IN3O3. The van der Waals surface area contributed by atoms with Gasteiger partial charge in [-0.05, 0) is 30.9 Å². The number of hydrogen-bond acceptors (Lipinski definition) is 4. The molecule has 0 saturated heterocycles. The number of nitrogens with one attached hydrogen (secondary N) is 1. The smallest absolute Gasteiger partial charge is 0.193 e. The van der Waals surface area contributed by atoms with Crippen molar-refractivity contribution in [3.63, 3.8) is 0 Å². The molecule has 26 heavy (non-hydrogen) atoms. The number of guanidine groups is 1. The lowest BCUT2D eigenvalue weighted by Gasteiger charge is -2.28. The minimum absolute atomic E-state index is 0. The van der Waals surface area contributed by atoms with Crippen molar-refractivity contribution in [2.45, 2.75) is 45.1 Å². The Morgan fingerprint density at radius 2 is 1.96 bits per heavy atom. The molecule has 7 heteroatoms. The number of aliphatic imine (C=N–C) groups is 1. The van der Waals surface area contributed by atoms with Crippen molar-refractivity contribution in [1.82, 2.24) is 0 Å². The van der Waals surface area contributed by atoms with Gasteiger partial charge < -0.3 is 25.3 Å². The highest BCUT2D eigenvalue weighted by Crippen LogP contribution is 2.32. The quantitative estimate of drug-likeness (QED) is 0.293. The highest BCUT2D eigenvalue weighted by molar-refractivity contribution is 14.0. The first-order chi connectivity index (χ1) is 12.2. The van der Waals surface area contributed by atoms with Crippen molar-refractivity contribution < 1.29 is 14.2 Å². The predicted molar refractivity (Wildman–Crippen MR) is 115 cm³/mol. The van der Waals surface area contributed by atoms with Crippen LogP contribution in [0.15, 0.2) is 23.2 Å². The van der Waals surface area contributed by atoms with Crippen LogP contribution in [0.4, 0.5) is 5.69 Å². The van der Waals surface area contributed by atoms with E-state index in [2.05, 4.69) is 17.2 Å². The number of nitrogens with two attached hydrogens (primary N) is 1. The number of fused-ring (bicyclic) bond motifs is 1. The van der Waals surface area contributed by atoms with Gasteiger partial charge in [0.05, 0.1) is 32.5 Å². The van der Waals surface area contributed by atoms with Gasteiger partial charge in [-0.3, -0.25) is 4.99 Å². The molecule has 1 aliphatic heterocycles. The van der Waals surface area contributed by atoms with E-state index in [0.29, 0.717) is 44.3 Å². The van der Waals surface area contributed by atoms with E-state index in [1.807, 2.05) is 18.2 Å². The van der Waals surface area contributed by atoms with Gasteiger partial charge >= 0.3 is 0 Å². The lowest BCUT2D eigenvalue weighted by molar-refractivity contribution is -0.000635. The molecule has 2 unspecified atom stereocenters. The van der Waals surface area contributed by atoms with Crippen LogP contribution in [0.25, 0.3) is 0 Å². The maximum Gasteiger partial charge on any atom is 0.193 e. The molecule has 6 nitrogen and oxygen atoms in total. The summed E-state index contributed by atoms with van der Waals surface area (Å²) in [5.74, 6) is 2.54. The van der Waals surface area contributed by atoms with Crippen molar-refractivity contribution in [3.8, 4) is 11.5 Å². The summed E-state index contributed by atoms with van der Waals surface area (Å²) in [6, 6.07) is 5.70. The van der Waals surface area contributed by atoms with E-state index in [-0.39, 0.29) is 24.0 Å². The molecule has 1 aromatic carbocycles. The zero-order valence-electron chi connectivity index (χ0n) is 15.4. The molecule has 1 saturated carbocycles. The standard InChI is InChI=1S/C19H29N3O3.HI/c1-14-5-2-3-6-16(14)25-12-9-21-19(20)22-15-7-8-17-18(13-15)24-11-4-10-23-17;/h7-8,13-14,16H,2-6,9-12H2,1H3,(H3,20,21,22);1H. The maximum atomic E-state index is 5.97. The summed E-state index contributed by atoms with van der Waals surface area (Å²) in [5.41, 5.74) is 6.81. The molecule has 0 amide bonds. The Labute approximate surface area is 172 Å². The summed E-state index contributed by atoms with van der Waals surface area (Å²) >= 11 is 0. The molecule has 1 aromatic rings. The molecule has 0 radical (unpaired) electrons. The average Bonchev–Trinajstić information content (AvgIpc) is 2.85. The van der Waals surface area contributed by atoms with Gasteiger partial charge in [0.1, 0.15) is 0 Å². The van der Waals surface area contributed by atoms with Crippen LogP contribution in [0.2, 0.25) is 0 Å². The van der Waals surface area contributed by atoms with Gasteiger partial charge in [-0.25, -0.2) is 0 Å². The Balaban J connectivity index is 0.00000243. The zero-order chi connectivity index (χ0) is 17.5. The fraction of sp³-hybridized carbons (Fsp3) is 0.632. The summed E-state index contributed by atoms with van der Waals surface area (Å²) in [5, 5.41) is 3.10. The first-order valence-corrected chi connectivity index (χ1v) is 9.30. The Bertz CT molecular complexity index is 597. The van der Waals surface area contributed by atoms with Crippen LogP contribution in [-0.4, -0.2) is 38.4 Å². The number of nitrogens with zero attached hydrogens (tertiary/aromatic N) is 1. The Morgan fingerprint density at radius 3 is 2.77 bits per heavy atom. The van der Waals surface area contributed by atoms with Crippen molar-refractivity contribution in [2.75, 3.05) is 31.7 Å². The van der Waals surface area contributed by atoms with Crippen LogP contribution in [0.3, 0.4) is 0 Å². The number of hydrogen-bond donors (Lipinski definition) is 2. The molecule has 0 bridgehead atoms. The van der Waals surface area contributed by atoms with Crippen molar-refractivity contribution in [1.29, 1.82) is 0 Å². The van der Waals surface area contributed by atoms with Crippen LogP contribution < -0.4 is 20.5 Å². The molecule has 1 aliphatic carbocycles. The summed E-state index contributed by atoms with van der Waals surface area (Å²) in [7, 11) is 0. The average molecular weight is 475 g/mol. The number of benzene rings is 1. The second-order valence-electron chi connectivity index (χ2n) is 6.77. The Morgan fingerprint density at radius 1 is 1.19 bits per heavy atom. The topological polar surface area (TPSA) is 78.1 Å². The van der Waals surface area contributed by atoms with Gasteiger partial charge in [0.2, 0.25) is 0 Å². The van der Waals surface area contributed by atoms with E-state index in [1.165, 1.54) is 19.3 Å². The first kappa shape index (κ1) is 21.1. The number of rotatable bonds is 5. The van der Waals surface area contributed by atoms with Gasteiger partial charge in [-0.15, -0.1) is 24.0 Å². The molecule has 1 heterocycles. The summed E-state index contributed by atoms with van der Waals surface area (Å²) in [6.45, 7) is 4.79. The second-order valence-corrected chi connectivity index (χ2v) is 6.77. The van der Waals surface area contributed by atoms with Crippen LogP contribution in [0.5, 0.6) is 11.5 Å². The molecule has 3 N–H and O–H groups in total. The third kappa shape index (κ3) is 6.19. The van der Waals surface area contributed by atoms with Crippen molar-refractivity contribution >= 4 is 35.6 Å². The molecule has 2 atom stereocenters. The van der Waals surface area contributed by atoms with E-state index < -0.39 is 0 Å². The van der Waals surface area contributed by atoms with E-state index in [4.69, 9.17) is 19.9 Å². The Hall–Kier alpha value is -1.22. The molecule has 0 aromatic heterocycles. The Kier molecular flexibility index (Phi) is 8.77. The molecule has 3 rings (SSSR count). The number of halogens is 1. The minimum Gasteiger partial charge on any atom is -0.490 e. The van der Waals surface area contributed by atoms with Gasteiger partial charge in [-0.2, -0.15) is 0 Å². The third-order valence-corrected chi connectivity index (χ3v) is 4.76. The fourth-order valence-corrected chi connectivity index (χ4v) is 3.33. The maximum absolute atomic E-state index is 5.97. The van der Waals surface area contributed by atoms with Crippen LogP contribution >= 0.6 is 24.0 Å². The van der Waals surface area contributed by atoms with Crippen molar-refractivity contribution in [2.24, 2.45) is 16.6 Å². The van der Waals surface area contributed by atoms with Crippen LogP contribution in [0.1, 0.15) is 39.0 Å². The third-order valence-electron chi connectivity index (χ3n) is 4.76. The van der Waals surface area contributed by atoms with Gasteiger partial charge in [0, 0.05) is 18.2 Å². The van der Waals surface area contributed by atoms with Gasteiger partial charge in [0.25, 0.3) is 0 Å². The lowest BCUT2D eigenvalue weighted by Crippen LogP contribution is -2.27. The zero-order valence-corrected chi connectivity index (χ0v) is 17.7. The van der Waals surface area contributed by atoms with E-state index in [9.17, 15) is 0 Å². The van der Waals surface area contributed by atoms with Crippen molar-refractivity contribution in [3.05, 3.63) is 18.2 Å². The van der Waals surface area contributed by atoms with Crippen LogP contribution in [-0.2, 0) is 4.74 Å². The van der Waals surface area contributed by atoms with Gasteiger partial charge in [-0.1, -0.05) is 19.8 Å². The fourth-order valence-electron chi connectivity index (χ4n) is 3.33. The minimum atomic E-state index is 0. The summed E-state index contributed by atoms with van der Waals surface area (Å²) < 4.78 is 17.3. The highest BCUT2D eigenvalue weighted by atomic mass is 127. The van der Waals surface area contributed by atoms with E-state index in [1.54, 1.807) is 0 Å². The molecule has 146 valence electrons. The first-order valence-electron chi connectivity index (χ1n) is 9.30. The molecule has 2 aliphatic rings. The summed E-state index contributed by atoms with van der Waals surface area (Å²) in [4.78, 5) is 4.35. The van der Waals surface area contributed by atoms with E-state index >= 15 is 0 Å². The van der Waals surface area contributed by atoms with Crippen LogP contribution in [0, 0.1) is 5.92 Å².